The summed E-state index contributed by atoms with van der Waals surface area (Å²) in [7, 11) is 0. The summed E-state index contributed by atoms with van der Waals surface area (Å²) < 4.78 is 0. The molecule has 1 aromatic carbocycles. The predicted octanol–water partition coefficient (Wildman–Crippen LogP) is 3.46. The number of unbranched alkanes of at least 4 members (excludes halogenated alkanes) is 3. The zero-order valence-corrected chi connectivity index (χ0v) is 13.7. The molecule has 2 rings (SSSR count). The number of hydrogen-bond acceptors (Lipinski definition) is 2. The van der Waals surface area contributed by atoms with Gasteiger partial charge in [-0.3, -0.25) is 4.79 Å². The van der Waals surface area contributed by atoms with Gasteiger partial charge in [0.1, 0.15) is 0 Å². The highest BCUT2D eigenvalue weighted by atomic mass is 35.5. The van der Waals surface area contributed by atoms with Crippen LogP contribution in [0.25, 0.3) is 0 Å². The minimum atomic E-state index is 0. The van der Waals surface area contributed by atoms with Crippen LogP contribution in [0.3, 0.4) is 0 Å². The SMILES string of the molecule is CC1c2ccccc2CCN1C(=O)CCCCCCN.Cl. The van der Waals surface area contributed by atoms with Crippen LogP contribution in [0.5, 0.6) is 0 Å². The summed E-state index contributed by atoms with van der Waals surface area (Å²) in [4.78, 5) is 14.4. The van der Waals surface area contributed by atoms with Crippen LogP contribution in [0.1, 0.15) is 56.2 Å². The summed E-state index contributed by atoms with van der Waals surface area (Å²) in [6.45, 7) is 3.76. The number of benzene rings is 1. The predicted molar refractivity (Wildman–Crippen MR) is 89.7 cm³/mol. The highest BCUT2D eigenvalue weighted by Crippen LogP contribution is 2.29. The molecule has 1 aromatic rings. The van der Waals surface area contributed by atoms with Gasteiger partial charge in [-0.15, -0.1) is 12.4 Å². The topological polar surface area (TPSA) is 46.3 Å². The lowest BCUT2D eigenvalue weighted by molar-refractivity contribution is -0.133. The Bertz CT molecular complexity index is 450. The number of carbonyl (C=O) groups is 1. The molecule has 0 aromatic heterocycles. The number of fused-ring (bicyclic) bond motifs is 1. The molecule has 0 saturated carbocycles. The minimum Gasteiger partial charge on any atom is -0.336 e. The van der Waals surface area contributed by atoms with Crippen molar-refractivity contribution < 1.29 is 4.79 Å². The van der Waals surface area contributed by atoms with Crippen LogP contribution in [0.15, 0.2) is 24.3 Å². The molecule has 3 nitrogen and oxygen atoms in total. The molecule has 0 aliphatic carbocycles. The van der Waals surface area contributed by atoms with Crippen molar-refractivity contribution in [3.05, 3.63) is 35.4 Å². The van der Waals surface area contributed by atoms with E-state index in [1.54, 1.807) is 0 Å². The summed E-state index contributed by atoms with van der Waals surface area (Å²) >= 11 is 0. The molecule has 1 atom stereocenters. The van der Waals surface area contributed by atoms with Crippen LogP contribution in [-0.2, 0) is 11.2 Å². The third-order valence-corrected chi connectivity index (χ3v) is 4.26. The van der Waals surface area contributed by atoms with E-state index in [1.165, 1.54) is 11.1 Å². The maximum Gasteiger partial charge on any atom is 0.223 e. The largest absolute Gasteiger partial charge is 0.336 e. The van der Waals surface area contributed by atoms with Crippen molar-refractivity contribution in [2.45, 2.75) is 51.5 Å². The molecule has 4 heteroatoms. The molecular weight excluding hydrogens is 284 g/mol. The van der Waals surface area contributed by atoms with Gasteiger partial charge in [0.05, 0.1) is 6.04 Å². The van der Waals surface area contributed by atoms with Crippen molar-refractivity contribution in [2.75, 3.05) is 13.1 Å². The smallest absolute Gasteiger partial charge is 0.223 e. The molecule has 1 heterocycles. The molecule has 1 aliphatic heterocycles. The Morgan fingerprint density at radius 1 is 1.24 bits per heavy atom. The van der Waals surface area contributed by atoms with Crippen LogP contribution in [0, 0.1) is 0 Å². The molecule has 0 radical (unpaired) electrons. The van der Waals surface area contributed by atoms with Gasteiger partial charge >= 0.3 is 0 Å². The molecule has 0 fully saturated rings. The quantitative estimate of drug-likeness (QED) is 0.818. The molecule has 118 valence electrons. The third-order valence-electron chi connectivity index (χ3n) is 4.26. The summed E-state index contributed by atoms with van der Waals surface area (Å²) in [5.74, 6) is 0.305. The Kier molecular flexibility index (Phi) is 7.76. The maximum absolute atomic E-state index is 12.4. The average molecular weight is 311 g/mol. The van der Waals surface area contributed by atoms with Gasteiger partial charge in [-0.2, -0.15) is 0 Å². The summed E-state index contributed by atoms with van der Waals surface area (Å²) in [6, 6.07) is 8.70. The molecular formula is C17H27ClN2O. The van der Waals surface area contributed by atoms with Crippen molar-refractivity contribution in [2.24, 2.45) is 5.73 Å². The van der Waals surface area contributed by atoms with Crippen LogP contribution < -0.4 is 5.73 Å². The monoisotopic (exact) mass is 310 g/mol. The molecule has 1 aliphatic rings. The molecule has 0 bridgehead atoms. The fraction of sp³-hybridized carbons (Fsp3) is 0.588. The van der Waals surface area contributed by atoms with E-state index in [0.717, 1.165) is 45.2 Å². The van der Waals surface area contributed by atoms with Crippen LogP contribution >= 0.6 is 12.4 Å². The Balaban J connectivity index is 0.00000220. The number of rotatable bonds is 6. The first-order chi connectivity index (χ1) is 9.74. The van der Waals surface area contributed by atoms with Gasteiger partial charge < -0.3 is 10.6 Å². The second kappa shape index (κ2) is 9.06. The van der Waals surface area contributed by atoms with E-state index in [9.17, 15) is 4.79 Å². The van der Waals surface area contributed by atoms with Crippen LogP contribution in [0.4, 0.5) is 0 Å². The van der Waals surface area contributed by atoms with Gasteiger partial charge in [0.15, 0.2) is 0 Å². The van der Waals surface area contributed by atoms with Gasteiger partial charge in [0, 0.05) is 13.0 Å². The fourth-order valence-electron chi connectivity index (χ4n) is 3.03. The molecule has 21 heavy (non-hydrogen) atoms. The van der Waals surface area contributed by atoms with Gasteiger partial charge in [-0.25, -0.2) is 0 Å². The highest BCUT2D eigenvalue weighted by molar-refractivity contribution is 5.85. The first-order valence-corrected chi connectivity index (χ1v) is 7.81. The minimum absolute atomic E-state index is 0. The maximum atomic E-state index is 12.4. The lowest BCUT2D eigenvalue weighted by Gasteiger charge is -2.35. The molecule has 0 spiro atoms. The molecule has 2 N–H and O–H groups in total. The summed E-state index contributed by atoms with van der Waals surface area (Å²) in [6.07, 6.45) is 5.98. The van der Waals surface area contributed by atoms with E-state index in [2.05, 4.69) is 31.2 Å². The van der Waals surface area contributed by atoms with E-state index in [-0.39, 0.29) is 18.4 Å². The number of carbonyl (C=O) groups excluding carboxylic acids is 1. The van der Waals surface area contributed by atoms with Gasteiger partial charge in [-0.05, 0) is 43.9 Å². The van der Waals surface area contributed by atoms with Gasteiger partial charge in [0.25, 0.3) is 0 Å². The number of nitrogens with zero attached hydrogens (tertiary/aromatic N) is 1. The average Bonchev–Trinajstić information content (AvgIpc) is 2.47. The lowest BCUT2D eigenvalue weighted by Crippen LogP contribution is -2.38. The molecule has 1 unspecified atom stereocenters. The number of hydrogen-bond donors (Lipinski definition) is 1. The lowest BCUT2D eigenvalue weighted by atomic mass is 9.93. The van der Waals surface area contributed by atoms with Crippen molar-refractivity contribution in [3.63, 3.8) is 0 Å². The second-order valence-corrected chi connectivity index (χ2v) is 5.66. The van der Waals surface area contributed by atoms with Crippen molar-refractivity contribution in [1.29, 1.82) is 0 Å². The first-order valence-electron chi connectivity index (χ1n) is 7.81. The Labute approximate surface area is 134 Å². The van der Waals surface area contributed by atoms with Gasteiger partial charge in [0.2, 0.25) is 5.91 Å². The normalized spacial score (nSPS) is 17.0. The third kappa shape index (κ3) is 4.72. The second-order valence-electron chi connectivity index (χ2n) is 5.66. The van der Waals surface area contributed by atoms with Crippen molar-refractivity contribution >= 4 is 18.3 Å². The Hall–Kier alpha value is -1.06. The van der Waals surface area contributed by atoms with E-state index in [0.29, 0.717) is 12.3 Å². The zero-order chi connectivity index (χ0) is 14.4. The Morgan fingerprint density at radius 3 is 2.71 bits per heavy atom. The Morgan fingerprint density at radius 2 is 1.95 bits per heavy atom. The summed E-state index contributed by atoms with van der Waals surface area (Å²) in [5, 5.41) is 0. The van der Waals surface area contributed by atoms with Crippen LogP contribution in [-0.4, -0.2) is 23.9 Å². The summed E-state index contributed by atoms with van der Waals surface area (Å²) in [5.41, 5.74) is 8.19. The van der Waals surface area contributed by atoms with Crippen LogP contribution in [0.2, 0.25) is 0 Å². The molecule has 1 amide bonds. The van der Waals surface area contributed by atoms with E-state index in [4.69, 9.17) is 5.73 Å². The number of amides is 1. The standard InChI is InChI=1S/C17H26N2O.ClH/c1-14-16-9-6-5-8-15(16)11-13-19(14)17(20)10-4-2-3-7-12-18;/h5-6,8-9,14H,2-4,7,10-13,18H2,1H3;1H. The van der Waals surface area contributed by atoms with Crippen molar-refractivity contribution in [1.82, 2.24) is 4.90 Å². The first kappa shape index (κ1) is 18.0. The number of halogens is 1. The molecule has 0 saturated heterocycles. The van der Waals surface area contributed by atoms with E-state index in [1.807, 2.05) is 4.90 Å². The van der Waals surface area contributed by atoms with Gasteiger partial charge in [-0.1, -0.05) is 37.1 Å². The van der Waals surface area contributed by atoms with E-state index < -0.39 is 0 Å². The highest BCUT2D eigenvalue weighted by Gasteiger charge is 2.26. The zero-order valence-electron chi connectivity index (χ0n) is 12.9. The fourth-order valence-corrected chi connectivity index (χ4v) is 3.03. The van der Waals surface area contributed by atoms with Crippen molar-refractivity contribution in [3.8, 4) is 0 Å². The number of nitrogens with two attached hydrogens (primary N) is 1. The van der Waals surface area contributed by atoms with E-state index >= 15 is 0 Å².